The first-order valence-corrected chi connectivity index (χ1v) is 4.61. The van der Waals surface area contributed by atoms with Gasteiger partial charge in [0.1, 0.15) is 0 Å². The maximum absolute atomic E-state index is 3.21. The summed E-state index contributed by atoms with van der Waals surface area (Å²) in [5.74, 6) is 0. The largest absolute Gasteiger partial charge is 0.362 e. The van der Waals surface area contributed by atoms with Crippen molar-refractivity contribution in [2.75, 3.05) is 18.4 Å². The fourth-order valence-electron chi connectivity index (χ4n) is 0.976. The Morgan fingerprint density at radius 1 is 1.23 bits per heavy atom. The molecule has 0 aromatic heterocycles. The van der Waals surface area contributed by atoms with Gasteiger partial charge in [-0.3, -0.25) is 0 Å². The summed E-state index contributed by atoms with van der Waals surface area (Å²) in [4.78, 5) is 0. The fourth-order valence-corrected chi connectivity index (χ4v) is 0.976. The zero-order valence-electron chi connectivity index (χ0n) is 7.96. The summed E-state index contributed by atoms with van der Waals surface area (Å²) in [5, 5.41) is 6.39. The second-order valence-electron chi connectivity index (χ2n) is 2.72. The molecule has 70 valence electrons. The van der Waals surface area contributed by atoms with Crippen molar-refractivity contribution in [1.29, 1.82) is 0 Å². The molecule has 13 heavy (non-hydrogen) atoms. The zero-order chi connectivity index (χ0) is 9.36. The number of anilines is 1. The first-order valence-electron chi connectivity index (χ1n) is 4.61. The molecule has 0 atom stereocenters. The second kappa shape index (κ2) is 6.26. The van der Waals surface area contributed by atoms with Crippen LogP contribution in [0.15, 0.2) is 42.6 Å². The highest BCUT2D eigenvalue weighted by Gasteiger charge is 1.82. The summed E-state index contributed by atoms with van der Waals surface area (Å²) >= 11 is 0. The Kier molecular flexibility index (Phi) is 4.72. The molecule has 0 amide bonds. The van der Waals surface area contributed by atoms with Crippen molar-refractivity contribution in [2.24, 2.45) is 0 Å². The van der Waals surface area contributed by atoms with E-state index in [1.165, 1.54) is 0 Å². The molecule has 0 radical (unpaired) electrons. The zero-order valence-corrected chi connectivity index (χ0v) is 7.96. The molecular formula is C11H16N2. The first-order chi connectivity index (χ1) is 6.43. The Labute approximate surface area is 79.7 Å². The third-order valence-corrected chi connectivity index (χ3v) is 1.65. The van der Waals surface area contributed by atoms with Crippen LogP contribution in [-0.4, -0.2) is 13.1 Å². The summed E-state index contributed by atoms with van der Waals surface area (Å²) in [6.07, 6.45) is 4.02. The van der Waals surface area contributed by atoms with Gasteiger partial charge in [0, 0.05) is 12.2 Å². The molecule has 0 fully saturated rings. The molecule has 0 aliphatic heterocycles. The van der Waals surface area contributed by atoms with Gasteiger partial charge in [-0.15, -0.1) is 0 Å². The predicted molar refractivity (Wildman–Crippen MR) is 57.7 cm³/mol. The maximum atomic E-state index is 3.21. The quantitative estimate of drug-likeness (QED) is 0.672. The number of benzene rings is 1. The van der Waals surface area contributed by atoms with Crippen LogP contribution < -0.4 is 10.6 Å². The Bertz CT molecular complexity index is 242. The van der Waals surface area contributed by atoms with Gasteiger partial charge in [-0.2, -0.15) is 0 Å². The third-order valence-electron chi connectivity index (χ3n) is 1.65. The normalized spacial score (nSPS) is 10.5. The fraction of sp³-hybridized carbons (Fsp3) is 0.273. The van der Waals surface area contributed by atoms with E-state index in [-0.39, 0.29) is 0 Å². The molecule has 0 saturated carbocycles. The molecule has 2 nitrogen and oxygen atoms in total. The van der Waals surface area contributed by atoms with Crippen LogP contribution in [-0.2, 0) is 0 Å². The lowest BCUT2D eigenvalue weighted by atomic mass is 10.3. The number of rotatable bonds is 5. The van der Waals surface area contributed by atoms with E-state index in [4.69, 9.17) is 0 Å². The summed E-state index contributed by atoms with van der Waals surface area (Å²) in [6.45, 7) is 4.02. The van der Waals surface area contributed by atoms with Crippen LogP contribution in [0.3, 0.4) is 0 Å². The van der Waals surface area contributed by atoms with Crippen molar-refractivity contribution < 1.29 is 0 Å². The monoisotopic (exact) mass is 176 g/mol. The average Bonchev–Trinajstić information content (AvgIpc) is 2.19. The van der Waals surface area contributed by atoms with E-state index in [1.807, 2.05) is 36.5 Å². The lowest BCUT2D eigenvalue weighted by Crippen LogP contribution is -2.11. The SMILES string of the molecule is CCNCC=CNc1ccccc1. The van der Waals surface area contributed by atoms with Crippen molar-refractivity contribution in [3.63, 3.8) is 0 Å². The molecule has 1 rings (SSSR count). The van der Waals surface area contributed by atoms with E-state index in [9.17, 15) is 0 Å². The van der Waals surface area contributed by atoms with Gasteiger partial charge in [-0.05, 0) is 24.9 Å². The molecule has 0 spiro atoms. The minimum atomic E-state index is 0.913. The molecule has 0 saturated heterocycles. The summed E-state index contributed by atoms with van der Waals surface area (Å²) in [6, 6.07) is 10.1. The van der Waals surface area contributed by atoms with Gasteiger partial charge in [0.2, 0.25) is 0 Å². The predicted octanol–water partition coefficient (Wildman–Crippen LogP) is 2.22. The number of hydrogen-bond acceptors (Lipinski definition) is 2. The molecule has 0 bridgehead atoms. The van der Waals surface area contributed by atoms with Crippen LogP contribution in [0.1, 0.15) is 6.92 Å². The smallest absolute Gasteiger partial charge is 0.0379 e. The summed E-state index contributed by atoms with van der Waals surface area (Å²) < 4.78 is 0. The van der Waals surface area contributed by atoms with Crippen LogP contribution >= 0.6 is 0 Å². The van der Waals surface area contributed by atoms with E-state index in [0.29, 0.717) is 0 Å². The summed E-state index contributed by atoms with van der Waals surface area (Å²) in [5.41, 5.74) is 1.12. The Balaban J connectivity index is 2.23. The van der Waals surface area contributed by atoms with E-state index < -0.39 is 0 Å². The van der Waals surface area contributed by atoms with Crippen LogP contribution in [0.5, 0.6) is 0 Å². The second-order valence-corrected chi connectivity index (χ2v) is 2.72. The number of nitrogens with one attached hydrogen (secondary N) is 2. The van der Waals surface area contributed by atoms with Crippen molar-refractivity contribution in [3.8, 4) is 0 Å². The lowest BCUT2D eigenvalue weighted by molar-refractivity contribution is 0.799. The molecule has 1 aromatic rings. The molecule has 2 heteroatoms. The van der Waals surface area contributed by atoms with Crippen LogP contribution in [0, 0.1) is 0 Å². The standard InChI is InChI=1S/C11H16N2/c1-2-12-9-6-10-13-11-7-4-3-5-8-11/h3-8,10,12-13H,2,9H2,1H3. The van der Waals surface area contributed by atoms with Crippen LogP contribution in [0.2, 0.25) is 0 Å². The number of hydrogen-bond donors (Lipinski definition) is 2. The Morgan fingerprint density at radius 3 is 2.69 bits per heavy atom. The van der Waals surface area contributed by atoms with Gasteiger partial charge in [0.05, 0.1) is 0 Å². The average molecular weight is 176 g/mol. The van der Waals surface area contributed by atoms with Gasteiger partial charge >= 0.3 is 0 Å². The van der Waals surface area contributed by atoms with Gasteiger partial charge < -0.3 is 10.6 Å². The summed E-state index contributed by atoms with van der Waals surface area (Å²) in [7, 11) is 0. The van der Waals surface area contributed by atoms with Crippen molar-refractivity contribution in [3.05, 3.63) is 42.6 Å². The molecule has 0 aliphatic rings. The van der Waals surface area contributed by atoms with Crippen molar-refractivity contribution in [1.82, 2.24) is 5.32 Å². The highest BCUT2D eigenvalue weighted by molar-refractivity contribution is 5.44. The third kappa shape index (κ3) is 4.33. The van der Waals surface area contributed by atoms with E-state index in [1.54, 1.807) is 0 Å². The number of likely N-dealkylation sites (N-methyl/N-ethyl adjacent to an activating group) is 1. The topological polar surface area (TPSA) is 24.1 Å². The van der Waals surface area contributed by atoms with Crippen LogP contribution in [0.25, 0.3) is 0 Å². The van der Waals surface area contributed by atoms with Gasteiger partial charge in [-0.1, -0.05) is 31.2 Å². The van der Waals surface area contributed by atoms with E-state index >= 15 is 0 Å². The minimum absolute atomic E-state index is 0.913. The van der Waals surface area contributed by atoms with Crippen molar-refractivity contribution >= 4 is 5.69 Å². The number of para-hydroxylation sites is 1. The van der Waals surface area contributed by atoms with Crippen molar-refractivity contribution in [2.45, 2.75) is 6.92 Å². The maximum Gasteiger partial charge on any atom is 0.0379 e. The van der Waals surface area contributed by atoms with Crippen LogP contribution in [0.4, 0.5) is 5.69 Å². The highest BCUT2D eigenvalue weighted by atomic mass is 14.9. The molecule has 0 unspecified atom stereocenters. The first kappa shape index (κ1) is 9.81. The van der Waals surface area contributed by atoms with Gasteiger partial charge in [-0.25, -0.2) is 0 Å². The van der Waals surface area contributed by atoms with Gasteiger partial charge in [0.15, 0.2) is 0 Å². The van der Waals surface area contributed by atoms with Gasteiger partial charge in [0.25, 0.3) is 0 Å². The molecule has 0 aliphatic carbocycles. The lowest BCUT2D eigenvalue weighted by Gasteiger charge is -1.98. The van der Waals surface area contributed by atoms with E-state index in [2.05, 4.69) is 23.6 Å². The molecule has 2 N–H and O–H groups in total. The minimum Gasteiger partial charge on any atom is -0.362 e. The van der Waals surface area contributed by atoms with E-state index in [0.717, 1.165) is 18.8 Å². The Morgan fingerprint density at radius 2 is 2.00 bits per heavy atom. The molecular weight excluding hydrogens is 160 g/mol. The Hall–Kier alpha value is -1.28. The molecule has 0 heterocycles. The molecule has 1 aromatic carbocycles. The highest BCUT2D eigenvalue weighted by Crippen LogP contribution is 2.03.